The van der Waals surface area contributed by atoms with Crippen molar-refractivity contribution < 1.29 is 22.7 Å². The standard InChI is InChI=1S/C10H8ClF3O2/c1-16-6-2-3-7(9(15)5-11)8(4-6)10(12,13)14/h2-4H,5H2,1H3. The highest BCUT2D eigenvalue weighted by Crippen LogP contribution is 2.34. The first-order valence-corrected chi connectivity index (χ1v) is 4.78. The number of methoxy groups -OCH3 is 1. The summed E-state index contributed by atoms with van der Waals surface area (Å²) < 4.78 is 42.5. The molecule has 0 aliphatic carbocycles. The molecule has 0 unspecified atom stereocenters. The van der Waals surface area contributed by atoms with Crippen LogP contribution in [0.4, 0.5) is 13.2 Å². The Hall–Kier alpha value is -1.23. The summed E-state index contributed by atoms with van der Waals surface area (Å²) >= 11 is 5.23. The fourth-order valence-corrected chi connectivity index (χ4v) is 1.34. The molecule has 0 bridgehead atoms. The maximum Gasteiger partial charge on any atom is 0.417 e. The second kappa shape index (κ2) is 4.74. The second-order valence-electron chi connectivity index (χ2n) is 2.97. The topological polar surface area (TPSA) is 26.3 Å². The van der Waals surface area contributed by atoms with Crippen LogP contribution in [-0.2, 0) is 6.18 Å². The molecular formula is C10H8ClF3O2. The van der Waals surface area contributed by atoms with Gasteiger partial charge in [0.2, 0.25) is 0 Å². The Morgan fingerprint density at radius 1 is 1.44 bits per heavy atom. The summed E-state index contributed by atoms with van der Waals surface area (Å²) in [4.78, 5) is 11.2. The van der Waals surface area contributed by atoms with Crippen LogP contribution in [0.15, 0.2) is 18.2 Å². The lowest BCUT2D eigenvalue weighted by Gasteiger charge is -2.12. The van der Waals surface area contributed by atoms with E-state index >= 15 is 0 Å². The first-order chi connectivity index (χ1) is 7.40. The molecule has 1 rings (SSSR count). The Labute approximate surface area is 95.0 Å². The third-order valence-corrected chi connectivity index (χ3v) is 2.20. The highest BCUT2D eigenvalue weighted by atomic mass is 35.5. The van der Waals surface area contributed by atoms with Crippen molar-refractivity contribution in [2.75, 3.05) is 13.0 Å². The zero-order chi connectivity index (χ0) is 12.3. The van der Waals surface area contributed by atoms with Crippen molar-refractivity contribution >= 4 is 17.4 Å². The SMILES string of the molecule is COc1ccc(C(=O)CCl)c(C(F)(F)F)c1. The van der Waals surface area contributed by atoms with E-state index in [0.717, 1.165) is 12.1 Å². The van der Waals surface area contributed by atoms with Gasteiger partial charge in [-0.25, -0.2) is 0 Å². The predicted octanol–water partition coefficient (Wildman–Crippen LogP) is 3.14. The van der Waals surface area contributed by atoms with Crippen molar-refractivity contribution in [3.05, 3.63) is 29.3 Å². The molecule has 16 heavy (non-hydrogen) atoms. The van der Waals surface area contributed by atoms with Gasteiger partial charge in [-0.05, 0) is 18.2 Å². The lowest BCUT2D eigenvalue weighted by atomic mass is 10.0. The molecule has 6 heteroatoms. The van der Waals surface area contributed by atoms with Crippen molar-refractivity contribution in [2.24, 2.45) is 0 Å². The minimum atomic E-state index is -4.61. The van der Waals surface area contributed by atoms with E-state index in [0.29, 0.717) is 0 Å². The van der Waals surface area contributed by atoms with Crippen LogP contribution in [0.3, 0.4) is 0 Å². The minimum Gasteiger partial charge on any atom is -0.497 e. The molecular weight excluding hydrogens is 245 g/mol. The zero-order valence-corrected chi connectivity index (χ0v) is 9.02. The molecule has 0 aliphatic rings. The lowest BCUT2D eigenvalue weighted by molar-refractivity contribution is -0.138. The van der Waals surface area contributed by atoms with Gasteiger partial charge in [0.25, 0.3) is 0 Å². The fourth-order valence-electron chi connectivity index (χ4n) is 1.20. The molecule has 0 spiro atoms. The second-order valence-corrected chi connectivity index (χ2v) is 3.23. The third-order valence-electron chi connectivity index (χ3n) is 1.95. The van der Waals surface area contributed by atoms with Crippen LogP contribution in [0.5, 0.6) is 5.75 Å². The van der Waals surface area contributed by atoms with Gasteiger partial charge in [0.1, 0.15) is 5.75 Å². The smallest absolute Gasteiger partial charge is 0.417 e. The monoisotopic (exact) mass is 252 g/mol. The van der Waals surface area contributed by atoms with Crippen LogP contribution in [0.2, 0.25) is 0 Å². The van der Waals surface area contributed by atoms with Gasteiger partial charge in [0, 0.05) is 5.56 Å². The number of carbonyl (C=O) groups excluding carboxylic acids is 1. The van der Waals surface area contributed by atoms with Gasteiger partial charge in [-0.15, -0.1) is 11.6 Å². The van der Waals surface area contributed by atoms with Crippen LogP contribution in [0.1, 0.15) is 15.9 Å². The van der Waals surface area contributed by atoms with E-state index in [1.54, 1.807) is 0 Å². The van der Waals surface area contributed by atoms with E-state index in [4.69, 9.17) is 11.6 Å². The molecule has 0 amide bonds. The van der Waals surface area contributed by atoms with Crippen LogP contribution in [-0.4, -0.2) is 18.8 Å². The molecule has 0 N–H and O–H groups in total. The third kappa shape index (κ3) is 2.66. The average Bonchev–Trinajstić information content (AvgIpc) is 2.26. The minimum absolute atomic E-state index is 0.0402. The van der Waals surface area contributed by atoms with E-state index in [1.807, 2.05) is 0 Å². The molecule has 2 nitrogen and oxygen atoms in total. The summed E-state index contributed by atoms with van der Waals surface area (Å²) in [5, 5.41) is 0. The highest BCUT2D eigenvalue weighted by Gasteiger charge is 2.35. The van der Waals surface area contributed by atoms with Gasteiger partial charge in [-0.2, -0.15) is 13.2 Å². The highest BCUT2D eigenvalue weighted by molar-refractivity contribution is 6.30. The Morgan fingerprint density at radius 2 is 2.06 bits per heavy atom. The fraction of sp³-hybridized carbons (Fsp3) is 0.300. The quantitative estimate of drug-likeness (QED) is 0.610. The number of hydrogen-bond donors (Lipinski definition) is 0. The molecule has 88 valence electrons. The predicted molar refractivity (Wildman–Crippen MR) is 53.0 cm³/mol. The summed E-state index contributed by atoms with van der Waals surface area (Å²) in [7, 11) is 1.25. The Balaban J connectivity index is 3.33. The van der Waals surface area contributed by atoms with Gasteiger partial charge in [-0.3, -0.25) is 4.79 Å². The molecule has 0 radical (unpaired) electrons. The van der Waals surface area contributed by atoms with Gasteiger partial charge < -0.3 is 4.74 Å². The van der Waals surface area contributed by atoms with E-state index in [1.165, 1.54) is 13.2 Å². The van der Waals surface area contributed by atoms with Crippen molar-refractivity contribution in [1.82, 2.24) is 0 Å². The number of hydrogen-bond acceptors (Lipinski definition) is 2. The van der Waals surface area contributed by atoms with Crippen LogP contribution in [0.25, 0.3) is 0 Å². The molecule has 0 aliphatic heterocycles. The van der Waals surface area contributed by atoms with E-state index in [-0.39, 0.29) is 5.75 Å². The summed E-state index contributed by atoms with van der Waals surface area (Å²) in [6, 6.07) is 3.13. The average molecular weight is 253 g/mol. The summed E-state index contributed by atoms with van der Waals surface area (Å²) in [5.74, 6) is -1.22. The van der Waals surface area contributed by atoms with Gasteiger partial charge >= 0.3 is 6.18 Å². The van der Waals surface area contributed by atoms with E-state index in [9.17, 15) is 18.0 Å². The molecule has 1 aromatic carbocycles. The normalized spacial score (nSPS) is 11.3. The largest absolute Gasteiger partial charge is 0.497 e. The molecule has 0 atom stereocenters. The number of ketones is 1. The Bertz CT molecular complexity index is 402. The summed E-state index contributed by atoms with van der Waals surface area (Å²) in [6.07, 6.45) is -4.61. The summed E-state index contributed by atoms with van der Waals surface area (Å²) in [6.45, 7) is 0. The number of benzene rings is 1. The van der Waals surface area contributed by atoms with Crippen molar-refractivity contribution in [2.45, 2.75) is 6.18 Å². The number of carbonyl (C=O) groups is 1. The first kappa shape index (κ1) is 12.8. The number of rotatable bonds is 3. The molecule has 0 aromatic heterocycles. The van der Waals surface area contributed by atoms with Crippen LogP contribution < -0.4 is 4.74 Å². The number of alkyl halides is 4. The number of ether oxygens (including phenoxy) is 1. The maximum atomic E-state index is 12.6. The van der Waals surface area contributed by atoms with Crippen LogP contribution in [0, 0.1) is 0 Å². The molecule has 1 aromatic rings. The van der Waals surface area contributed by atoms with Gasteiger partial charge in [-0.1, -0.05) is 0 Å². The van der Waals surface area contributed by atoms with E-state index in [2.05, 4.69) is 4.74 Å². The molecule has 0 heterocycles. The van der Waals surface area contributed by atoms with Crippen LogP contribution >= 0.6 is 11.6 Å². The Kier molecular flexibility index (Phi) is 3.80. The molecule has 0 fully saturated rings. The number of Topliss-reactive ketones (excluding diaryl/α,β-unsaturated/α-hetero) is 1. The molecule has 0 saturated carbocycles. The first-order valence-electron chi connectivity index (χ1n) is 4.24. The van der Waals surface area contributed by atoms with Gasteiger partial charge in [0.15, 0.2) is 5.78 Å². The molecule has 0 saturated heterocycles. The summed E-state index contributed by atoms with van der Waals surface area (Å²) in [5.41, 5.74) is -1.47. The van der Waals surface area contributed by atoms with Crippen molar-refractivity contribution in [3.63, 3.8) is 0 Å². The zero-order valence-electron chi connectivity index (χ0n) is 8.27. The van der Waals surface area contributed by atoms with Gasteiger partial charge in [0.05, 0.1) is 18.6 Å². The van der Waals surface area contributed by atoms with Crippen molar-refractivity contribution in [3.8, 4) is 5.75 Å². The van der Waals surface area contributed by atoms with E-state index < -0.39 is 29.0 Å². The number of halogens is 4. The van der Waals surface area contributed by atoms with Crippen molar-refractivity contribution in [1.29, 1.82) is 0 Å². The maximum absolute atomic E-state index is 12.6. The Morgan fingerprint density at radius 3 is 2.50 bits per heavy atom. The lowest BCUT2D eigenvalue weighted by Crippen LogP contribution is -2.14.